The van der Waals surface area contributed by atoms with E-state index in [0.29, 0.717) is 0 Å². The molecular weight excluding hydrogens is 350 g/mol. The molecule has 4 aromatic carbocycles. The van der Waals surface area contributed by atoms with E-state index in [0.717, 1.165) is 19.3 Å². The minimum absolute atomic E-state index is 1.03. The smallest absolute Gasteiger partial charge is 0.0450 e. The molecule has 7 rings (SSSR count). The molecule has 1 heteroatoms. The van der Waals surface area contributed by atoms with Crippen molar-refractivity contribution < 1.29 is 0 Å². The topological polar surface area (TPSA) is 3.24 Å². The van der Waals surface area contributed by atoms with Crippen LogP contribution in [0.1, 0.15) is 33.4 Å². The zero-order valence-corrected chi connectivity index (χ0v) is 16.5. The number of nitrogens with zero attached hydrogens (tertiary/aromatic N) is 1. The van der Waals surface area contributed by atoms with Crippen molar-refractivity contribution in [3.8, 4) is 22.3 Å². The lowest BCUT2D eigenvalue weighted by atomic mass is 9.90. The zero-order valence-electron chi connectivity index (χ0n) is 16.5. The van der Waals surface area contributed by atoms with Crippen LogP contribution in [0.15, 0.2) is 72.8 Å². The van der Waals surface area contributed by atoms with Crippen molar-refractivity contribution in [2.24, 2.45) is 0 Å². The van der Waals surface area contributed by atoms with Gasteiger partial charge in [0.25, 0.3) is 0 Å². The second-order valence-electron chi connectivity index (χ2n) is 8.68. The first-order chi connectivity index (χ1) is 14.3. The van der Waals surface area contributed by atoms with Gasteiger partial charge in [0.1, 0.15) is 0 Å². The highest BCUT2D eigenvalue weighted by molar-refractivity contribution is 5.87. The average molecular weight is 371 g/mol. The van der Waals surface area contributed by atoms with Crippen molar-refractivity contribution in [2.45, 2.75) is 19.3 Å². The molecule has 0 fully saturated rings. The summed E-state index contributed by atoms with van der Waals surface area (Å²) >= 11 is 0. The van der Waals surface area contributed by atoms with Crippen molar-refractivity contribution in [1.29, 1.82) is 0 Å². The summed E-state index contributed by atoms with van der Waals surface area (Å²) in [6.45, 7) is 0. The van der Waals surface area contributed by atoms with Gasteiger partial charge in [-0.1, -0.05) is 60.7 Å². The van der Waals surface area contributed by atoms with Crippen LogP contribution in [0.3, 0.4) is 0 Å². The number of anilines is 2. The predicted molar refractivity (Wildman–Crippen MR) is 120 cm³/mol. The normalized spacial score (nSPS) is 14.6. The molecule has 0 radical (unpaired) electrons. The van der Waals surface area contributed by atoms with Gasteiger partial charge in [-0.05, 0) is 80.6 Å². The molecule has 0 N–H and O–H groups in total. The number of hydrogen-bond donors (Lipinski definition) is 0. The lowest BCUT2D eigenvalue weighted by molar-refractivity contribution is 1.04. The molecule has 138 valence electrons. The molecular formula is C28H21N. The third kappa shape index (κ3) is 2.05. The maximum atomic E-state index is 2.46. The van der Waals surface area contributed by atoms with E-state index in [4.69, 9.17) is 0 Å². The molecule has 0 unspecified atom stereocenters. The summed E-state index contributed by atoms with van der Waals surface area (Å²) in [5.41, 5.74) is 17.2. The second kappa shape index (κ2) is 5.39. The van der Waals surface area contributed by atoms with Gasteiger partial charge in [0.2, 0.25) is 0 Å². The van der Waals surface area contributed by atoms with Gasteiger partial charge in [-0.25, -0.2) is 0 Å². The molecule has 2 aliphatic carbocycles. The second-order valence-corrected chi connectivity index (χ2v) is 8.68. The molecule has 1 aliphatic heterocycles. The first-order valence-corrected chi connectivity index (χ1v) is 10.5. The summed E-state index contributed by atoms with van der Waals surface area (Å²) in [7, 11) is 2.23. The third-order valence-electron chi connectivity index (χ3n) is 7.09. The van der Waals surface area contributed by atoms with Crippen LogP contribution in [0.2, 0.25) is 0 Å². The Labute approximate surface area is 171 Å². The average Bonchev–Trinajstić information content (AvgIpc) is 3.28. The Hall–Kier alpha value is -3.32. The molecule has 0 spiro atoms. The van der Waals surface area contributed by atoms with Gasteiger partial charge in [-0.3, -0.25) is 0 Å². The first-order valence-electron chi connectivity index (χ1n) is 10.5. The lowest BCUT2D eigenvalue weighted by Gasteiger charge is -2.32. The summed E-state index contributed by atoms with van der Waals surface area (Å²) in [4.78, 5) is 2.41. The maximum absolute atomic E-state index is 2.46. The first kappa shape index (κ1) is 15.6. The molecule has 0 amide bonds. The maximum Gasteiger partial charge on any atom is 0.0450 e. The van der Waals surface area contributed by atoms with Crippen molar-refractivity contribution >= 4 is 11.4 Å². The number of rotatable bonds is 0. The molecule has 0 atom stereocenters. The van der Waals surface area contributed by atoms with E-state index in [1.165, 1.54) is 67.0 Å². The van der Waals surface area contributed by atoms with Gasteiger partial charge in [-0.15, -0.1) is 0 Å². The fraction of sp³-hybridized carbons (Fsp3) is 0.143. The molecule has 0 saturated carbocycles. The predicted octanol–water partition coefficient (Wildman–Crippen LogP) is 6.50. The van der Waals surface area contributed by atoms with Crippen LogP contribution in [-0.2, 0) is 19.3 Å². The summed E-state index contributed by atoms with van der Waals surface area (Å²) < 4.78 is 0. The Morgan fingerprint density at radius 3 is 1.45 bits per heavy atom. The highest BCUT2D eigenvalue weighted by Crippen LogP contribution is 2.47. The van der Waals surface area contributed by atoms with Crippen LogP contribution in [0.25, 0.3) is 22.3 Å². The Bertz CT molecular complexity index is 1240. The minimum atomic E-state index is 1.03. The third-order valence-corrected chi connectivity index (χ3v) is 7.09. The monoisotopic (exact) mass is 371 g/mol. The molecule has 3 aliphatic rings. The van der Waals surface area contributed by atoms with Crippen LogP contribution in [0, 0.1) is 0 Å². The van der Waals surface area contributed by atoms with E-state index < -0.39 is 0 Å². The Morgan fingerprint density at radius 1 is 0.483 bits per heavy atom. The quantitative estimate of drug-likeness (QED) is 0.294. The van der Waals surface area contributed by atoms with Crippen molar-refractivity contribution in [3.05, 3.63) is 106 Å². The van der Waals surface area contributed by atoms with Gasteiger partial charge in [0, 0.05) is 24.8 Å². The van der Waals surface area contributed by atoms with Gasteiger partial charge in [0.15, 0.2) is 0 Å². The zero-order chi connectivity index (χ0) is 19.1. The van der Waals surface area contributed by atoms with Gasteiger partial charge in [0.05, 0.1) is 0 Å². The van der Waals surface area contributed by atoms with Crippen LogP contribution >= 0.6 is 0 Å². The van der Waals surface area contributed by atoms with E-state index in [2.05, 4.69) is 84.7 Å². The molecule has 0 saturated heterocycles. The molecule has 0 bridgehead atoms. The summed E-state index contributed by atoms with van der Waals surface area (Å²) in [6.07, 6.45) is 3.16. The van der Waals surface area contributed by atoms with Crippen molar-refractivity contribution in [2.75, 3.05) is 11.9 Å². The van der Waals surface area contributed by atoms with Crippen molar-refractivity contribution in [3.63, 3.8) is 0 Å². The minimum Gasteiger partial charge on any atom is -0.344 e. The Balaban J connectivity index is 1.39. The summed E-state index contributed by atoms with van der Waals surface area (Å²) in [5.74, 6) is 0. The molecule has 29 heavy (non-hydrogen) atoms. The molecule has 1 heterocycles. The Kier molecular flexibility index (Phi) is 2.90. The fourth-order valence-corrected chi connectivity index (χ4v) is 5.69. The van der Waals surface area contributed by atoms with E-state index in [9.17, 15) is 0 Å². The summed E-state index contributed by atoms with van der Waals surface area (Å²) in [6, 6.07) is 27.5. The molecule has 1 nitrogen and oxygen atoms in total. The summed E-state index contributed by atoms with van der Waals surface area (Å²) in [5, 5.41) is 0. The highest BCUT2D eigenvalue weighted by atomic mass is 15.1. The van der Waals surface area contributed by atoms with Gasteiger partial charge in [-0.2, -0.15) is 0 Å². The van der Waals surface area contributed by atoms with E-state index in [1.54, 1.807) is 0 Å². The van der Waals surface area contributed by atoms with Gasteiger partial charge >= 0.3 is 0 Å². The van der Waals surface area contributed by atoms with Crippen LogP contribution < -0.4 is 4.90 Å². The van der Waals surface area contributed by atoms with Crippen LogP contribution in [-0.4, -0.2) is 7.05 Å². The van der Waals surface area contributed by atoms with E-state index >= 15 is 0 Å². The van der Waals surface area contributed by atoms with Crippen LogP contribution in [0.5, 0.6) is 0 Å². The van der Waals surface area contributed by atoms with E-state index in [1.807, 2.05) is 0 Å². The number of fused-ring (bicyclic) bond motifs is 8. The highest BCUT2D eigenvalue weighted by Gasteiger charge is 2.28. The number of benzene rings is 4. The fourth-order valence-electron chi connectivity index (χ4n) is 5.69. The number of hydrogen-bond acceptors (Lipinski definition) is 1. The van der Waals surface area contributed by atoms with Gasteiger partial charge < -0.3 is 4.90 Å². The SMILES string of the molecule is CN1c2cc3c(cc2Cc2cc4c(cc21)-c1ccccc1C4)Cc1ccccc1-3. The Morgan fingerprint density at radius 2 is 0.931 bits per heavy atom. The largest absolute Gasteiger partial charge is 0.344 e. The molecule has 0 aromatic heterocycles. The van der Waals surface area contributed by atoms with Crippen molar-refractivity contribution in [1.82, 2.24) is 0 Å². The standard InChI is InChI=1S/C28H21N/c1-29-27-15-25-19(10-17-6-2-4-8-23(17)25)12-21(27)14-22-13-20-11-18-7-3-5-9-24(18)26(20)16-28(22)29/h2-9,12-13,15-16H,10-11,14H2,1H3. The molecule has 4 aromatic rings. The van der Waals surface area contributed by atoms with E-state index in [-0.39, 0.29) is 0 Å². The van der Waals surface area contributed by atoms with Crippen LogP contribution in [0.4, 0.5) is 11.4 Å². The lowest BCUT2D eigenvalue weighted by Crippen LogP contribution is -2.19.